The molecule has 3 heteroatoms. The first kappa shape index (κ1) is 14.1. The van der Waals surface area contributed by atoms with E-state index >= 15 is 0 Å². The third-order valence-corrected chi connectivity index (χ3v) is 4.08. The second-order valence-electron chi connectivity index (χ2n) is 5.52. The molecule has 0 saturated carbocycles. The Morgan fingerprint density at radius 1 is 1.24 bits per heavy atom. The molecule has 0 aromatic heterocycles. The van der Waals surface area contributed by atoms with E-state index in [2.05, 4.69) is 23.5 Å². The fraction of sp³-hybridized carbons (Fsp3) is 0.333. The van der Waals surface area contributed by atoms with Crippen molar-refractivity contribution < 1.29 is 9.13 Å². The van der Waals surface area contributed by atoms with Crippen LogP contribution in [0.1, 0.15) is 34.7 Å². The number of rotatable bonds is 3. The lowest BCUT2D eigenvalue weighted by molar-refractivity contribution is 0.283. The molecule has 3 rings (SSSR count). The summed E-state index contributed by atoms with van der Waals surface area (Å²) in [6.45, 7) is 2.56. The zero-order valence-corrected chi connectivity index (χ0v) is 12.4. The van der Waals surface area contributed by atoms with Gasteiger partial charge in [-0.05, 0) is 49.6 Å². The van der Waals surface area contributed by atoms with Gasteiger partial charge in [0.2, 0.25) is 0 Å². The molecule has 0 fully saturated rings. The highest BCUT2D eigenvalue weighted by molar-refractivity contribution is 5.48. The van der Waals surface area contributed by atoms with Gasteiger partial charge >= 0.3 is 0 Å². The summed E-state index contributed by atoms with van der Waals surface area (Å²) in [5, 5.41) is 3.33. The largest absolute Gasteiger partial charge is 0.493 e. The molecule has 1 heterocycles. The second kappa shape index (κ2) is 5.86. The molecule has 1 aliphatic rings. The molecule has 21 heavy (non-hydrogen) atoms. The third-order valence-electron chi connectivity index (χ3n) is 4.08. The molecule has 0 radical (unpaired) electrons. The summed E-state index contributed by atoms with van der Waals surface area (Å²) in [6, 6.07) is 11.6. The standard InChI is InChI=1S/C18H20FNO/c1-12-11-14(8-9-16(12)19)17(20-2)15-7-3-5-13-6-4-10-21-18(13)15/h3,5,7-9,11,17,20H,4,6,10H2,1-2H3. The van der Waals surface area contributed by atoms with Crippen molar-refractivity contribution in [2.75, 3.05) is 13.7 Å². The molecular formula is C18H20FNO. The van der Waals surface area contributed by atoms with E-state index in [9.17, 15) is 4.39 Å². The van der Waals surface area contributed by atoms with Crippen LogP contribution in [0.4, 0.5) is 4.39 Å². The predicted molar refractivity (Wildman–Crippen MR) is 82.3 cm³/mol. The van der Waals surface area contributed by atoms with Crippen LogP contribution in [-0.2, 0) is 6.42 Å². The van der Waals surface area contributed by atoms with Gasteiger partial charge in [0.1, 0.15) is 11.6 Å². The highest BCUT2D eigenvalue weighted by Crippen LogP contribution is 2.35. The number of benzene rings is 2. The Hall–Kier alpha value is -1.87. The average Bonchev–Trinajstić information content (AvgIpc) is 2.52. The van der Waals surface area contributed by atoms with Gasteiger partial charge in [0, 0.05) is 5.56 Å². The van der Waals surface area contributed by atoms with Crippen molar-refractivity contribution in [2.45, 2.75) is 25.8 Å². The van der Waals surface area contributed by atoms with Crippen molar-refractivity contribution in [3.63, 3.8) is 0 Å². The van der Waals surface area contributed by atoms with Crippen LogP contribution >= 0.6 is 0 Å². The molecule has 2 aromatic carbocycles. The zero-order chi connectivity index (χ0) is 14.8. The van der Waals surface area contributed by atoms with Crippen LogP contribution in [0.25, 0.3) is 0 Å². The highest BCUT2D eigenvalue weighted by atomic mass is 19.1. The summed E-state index contributed by atoms with van der Waals surface area (Å²) in [4.78, 5) is 0. The number of hydrogen-bond acceptors (Lipinski definition) is 2. The van der Waals surface area contributed by atoms with Crippen molar-refractivity contribution in [1.29, 1.82) is 0 Å². The minimum Gasteiger partial charge on any atom is -0.493 e. The topological polar surface area (TPSA) is 21.3 Å². The maximum atomic E-state index is 13.5. The van der Waals surface area contributed by atoms with Gasteiger partial charge in [-0.15, -0.1) is 0 Å². The quantitative estimate of drug-likeness (QED) is 0.927. The molecule has 1 aliphatic heterocycles. The van der Waals surface area contributed by atoms with Gasteiger partial charge in [0.15, 0.2) is 0 Å². The fourth-order valence-electron chi connectivity index (χ4n) is 2.99. The van der Waals surface area contributed by atoms with Crippen LogP contribution in [0.15, 0.2) is 36.4 Å². The fourth-order valence-corrected chi connectivity index (χ4v) is 2.99. The normalized spacial score (nSPS) is 15.2. The molecular weight excluding hydrogens is 265 g/mol. The van der Waals surface area contributed by atoms with Crippen molar-refractivity contribution in [3.05, 3.63) is 64.5 Å². The van der Waals surface area contributed by atoms with Crippen LogP contribution in [0.3, 0.4) is 0 Å². The summed E-state index contributed by atoms with van der Waals surface area (Å²) < 4.78 is 19.4. The maximum Gasteiger partial charge on any atom is 0.127 e. The van der Waals surface area contributed by atoms with Crippen molar-refractivity contribution >= 4 is 0 Å². The molecule has 0 saturated heterocycles. The number of nitrogens with one attached hydrogen (secondary N) is 1. The minimum atomic E-state index is -0.167. The molecule has 0 spiro atoms. The van der Waals surface area contributed by atoms with Gasteiger partial charge in [-0.25, -0.2) is 4.39 Å². The van der Waals surface area contributed by atoms with Crippen LogP contribution in [-0.4, -0.2) is 13.7 Å². The molecule has 1 unspecified atom stereocenters. The number of aryl methyl sites for hydroxylation is 2. The molecule has 2 nitrogen and oxygen atoms in total. The first-order valence-electron chi connectivity index (χ1n) is 7.38. The Morgan fingerprint density at radius 2 is 2.10 bits per heavy atom. The Bertz CT molecular complexity index is 654. The van der Waals surface area contributed by atoms with Gasteiger partial charge in [0.25, 0.3) is 0 Å². The van der Waals surface area contributed by atoms with Crippen molar-refractivity contribution in [3.8, 4) is 5.75 Å². The van der Waals surface area contributed by atoms with Crippen molar-refractivity contribution in [2.24, 2.45) is 0 Å². The average molecular weight is 285 g/mol. The van der Waals surface area contributed by atoms with Gasteiger partial charge in [-0.3, -0.25) is 0 Å². The molecule has 0 amide bonds. The molecule has 2 aromatic rings. The minimum absolute atomic E-state index is 0.0114. The van der Waals surface area contributed by atoms with E-state index in [0.29, 0.717) is 5.56 Å². The number of hydrogen-bond donors (Lipinski definition) is 1. The van der Waals surface area contributed by atoms with E-state index in [1.165, 1.54) is 11.6 Å². The van der Waals surface area contributed by atoms with Crippen LogP contribution < -0.4 is 10.1 Å². The number of fused-ring (bicyclic) bond motifs is 1. The third kappa shape index (κ3) is 2.66. The van der Waals surface area contributed by atoms with Crippen LogP contribution in [0.2, 0.25) is 0 Å². The number of ether oxygens (including phenoxy) is 1. The van der Waals surface area contributed by atoms with E-state index < -0.39 is 0 Å². The Morgan fingerprint density at radius 3 is 2.86 bits per heavy atom. The van der Waals surface area contributed by atoms with E-state index in [4.69, 9.17) is 4.74 Å². The predicted octanol–water partition coefficient (Wildman–Crippen LogP) is 3.77. The number of halogens is 1. The Labute approximate surface area is 125 Å². The molecule has 1 atom stereocenters. The van der Waals surface area contributed by atoms with E-state index in [1.54, 1.807) is 6.92 Å². The Balaban J connectivity index is 2.06. The first-order valence-corrected chi connectivity index (χ1v) is 7.38. The van der Waals surface area contributed by atoms with Crippen LogP contribution in [0.5, 0.6) is 5.75 Å². The van der Waals surface area contributed by atoms with Crippen LogP contribution in [0, 0.1) is 12.7 Å². The SMILES string of the molecule is CNC(c1ccc(F)c(C)c1)c1cccc2c1OCCC2. The first-order chi connectivity index (χ1) is 10.2. The van der Waals surface area contributed by atoms with Gasteiger partial charge in [-0.2, -0.15) is 0 Å². The molecule has 0 aliphatic carbocycles. The van der Waals surface area contributed by atoms with Gasteiger partial charge in [-0.1, -0.05) is 30.3 Å². The maximum absolute atomic E-state index is 13.5. The lowest BCUT2D eigenvalue weighted by Crippen LogP contribution is -2.21. The van der Waals surface area contributed by atoms with Gasteiger partial charge < -0.3 is 10.1 Å². The van der Waals surface area contributed by atoms with E-state index in [1.807, 2.05) is 19.2 Å². The van der Waals surface area contributed by atoms with E-state index in [0.717, 1.165) is 36.3 Å². The van der Waals surface area contributed by atoms with Gasteiger partial charge in [0.05, 0.1) is 12.6 Å². The zero-order valence-electron chi connectivity index (χ0n) is 12.4. The summed E-state index contributed by atoms with van der Waals surface area (Å²) in [7, 11) is 1.92. The lowest BCUT2D eigenvalue weighted by atomic mass is 9.93. The molecule has 0 bridgehead atoms. The summed E-state index contributed by atoms with van der Waals surface area (Å²) >= 11 is 0. The number of para-hydroxylation sites is 1. The lowest BCUT2D eigenvalue weighted by Gasteiger charge is -2.25. The summed E-state index contributed by atoms with van der Waals surface area (Å²) in [5.41, 5.74) is 4.11. The summed E-state index contributed by atoms with van der Waals surface area (Å²) in [5.74, 6) is 0.824. The van der Waals surface area contributed by atoms with Crippen molar-refractivity contribution in [1.82, 2.24) is 5.32 Å². The smallest absolute Gasteiger partial charge is 0.127 e. The highest BCUT2D eigenvalue weighted by Gasteiger charge is 2.21. The molecule has 110 valence electrons. The summed E-state index contributed by atoms with van der Waals surface area (Å²) in [6.07, 6.45) is 2.12. The second-order valence-corrected chi connectivity index (χ2v) is 5.52. The monoisotopic (exact) mass is 285 g/mol. The van der Waals surface area contributed by atoms with E-state index in [-0.39, 0.29) is 11.9 Å². The Kier molecular flexibility index (Phi) is 3.93. The molecule has 1 N–H and O–H groups in total.